The predicted octanol–water partition coefficient (Wildman–Crippen LogP) is 3.70. The number of hydrogen-bond donors (Lipinski definition) is 0. The van der Waals surface area contributed by atoms with E-state index < -0.39 is 0 Å². The Morgan fingerprint density at radius 1 is 1.24 bits per heavy atom. The van der Waals surface area contributed by atoms with E-state index in [1.54, 1.807) is 36.4 Å². The maximum atomic E-state index is 12.7. The average molecular weight is 357 g/mol. The van der Waals surface area contributed by atoms with Gasteiger partial charge in [0.25, 0.3) is 5.56 Å². The van der Waals surface area contributed by atoms with Gasteiger partial charge in [0, 0.05) is 16.1 Å². The summed E-state index contributed by atoms with van der Waals surface area (Å²) in [5, 5.41) is 0.938. The Hall–Kier alpha value is -2.66. The summed E-state index contributed by atoms with van der Waals surface area (Å²) in [5.74, 6) is 0.602. The normalized spacial score (nSPS) is 10.8. The number of rotatable bonds is 5. The van der Waals surface area contributed by atoms with Crippen molar-refractivity contribution in [2.45, 2.75) is 20.4 Å². The topological polar surface area (TPSA) is 61.2 Å². The molecule has 128 valence electrons. The van der Waals surface area contributed by atoms with E-state index in [0.29, 0.717) is 33.8 Å². The Labute approximate surface area is 149 Å². The molecule has 1 heterocycles. The third-order valence-corrected chi connectivity index (χ3v) is 4.13. The molecule has 0 spiro atoms. The molecule has 0 unspecified atom stereocenters. The first kappa shape index (κ1) is 17.2. The summed E-state index contributed by atoms with van der Waals surface area (Å²) >= 11 is 5.99. The van der Waals surface area contributed by atoms with Crippen LogP contribution in [0.1, 0.15) is 29.8 Å². The van der Waals surface area contributed by atoms with Gasteiger partial charge in [0.05, 0.1) is 30.4 Å². The van der Waals surface area contributed by atoms with Crippen LogP contribution in [-0.2, 0) is 6.54 Å². The van der Waals surface area contributed by atoms with Crippen LogP contribution in [-0.4, -0.2) is 21.9 Å². The second-order valence-corrected chi connectivity index (χ2v) is 6.09. The molecule has 0 aliphatic carbocycles. The third kappa shape index (κ3) is 3.56. The van der Waals surface area contributed by atoms with E-state index in [9.17, 15) is 9.59 Å². The number of aromatic nitrogens is 2. The van der Waals surface area contributed by atoms with Crippen molar-refractivity contribution >= 4 is 28.3 Å². The van der Waals surface area contributed by atoms with E-state index in [0.717, 1.165) is 5.56 Å². The van der Waals surface area contributed by atoms with E-state index in [-0.39, 0.29) is 17.9 Å². The van der Waals surface area contributed by atoms with Crippen molar-refractivity contribution < 1.29 is 9.53 Å². The average Bonchev–Trinajstić information content (AvgIpc) is 2.59. The number of ether oxygens (including phenoxy) is 1. The number of nitrogens with zero attached hydrogens (tertiary/aromatic N) is 2. The van der Waals surface area contributed by atoms with Crippen LogP contribution in [0.25, 0.3) is 10.9 Å². The van der Waals surface area contributed by atoms with Crippen LogP contribution >= 0.6 is 11.6 Å². The Balaban J connectivity index is 2.08. The first-order valence-corrected chi connectivity index (χ1v) is 8.28. The van der Waals surface area contributed by atoms with Crippen LogP contribution in [0.5, 0.6) is 5.75 Å². The van der Waals surface area contributed by atoms with Crippen LogP contribution in [0, 0.1) is 0 Å². The van der Waals surface area contributed by atoms with Gasteiger partial charge in [-0.15, -0.1) is 0 Å². The van der Waals surface area contributed by atoms with Gasteiger partial charge in [-0.25, -0.2) is 4.98 Å². The fraction of sp³-hybridized carbons (Fsp3) is 0.211. The van der Waals surface area contributed by atoms with Crippen molar-refractivity contribution in [1.29, 1.82) is 0 Å². The van der Waals surface area contributed by atoms with Crippen molar-refractivity contribution in [3.8, 4) is 5.75 Å². The Kier molecular flexibility index (Phi) is 4.86. The molecule has 25 heavy (non-hydrogen) atoms. The van der Waals surface area contributed by atoms with Gasteiger partial charge >= 0.3 is 0 Å². The van der Waals surface area contributed by atoms with Crippen molar-refractivity contribution in [3.05, 3.63) is 69.2 Å². The summed E-state index contributed by atoms with van der Waals surface area (Å²) in [6.45, 7) is 4.14. The van der Waals surface area contributed by atoms with Crippen LogP contribution in [0.2, 0.25) is 5.02 Å². The van der Waals surface area contributed by atoms with E-state index in [4.69, 9.17) is 16.3 Å². The van der Waals surface area contributed by atoms with Crippen LogP contribution in [0.4, 0.5) is 0 Å². The minimum atomic E-state index is -0.192. The molecule has 0 radical (unpaired) electrons. The molecule has 0 saturated heterocycles. The highest BCUT2D eigenvalue weighted by Gasteiger charge is 2.11. The molecule has 0 amide bonds. The van der Waals surface area contributed by atoms with Crippen molar-refractivity contribution in [2.24, 2.45) is 0 Å². The number of fused-ring (bicyclic) bond motifs is 1. The first-order chi connectivity index (χ1) is 12.0. The Bertz CT molecular complexity index is 1010. The molecule has 6 heteroatoms. The van der Waals surface area contributed by atoms with Gasteiger partial charge in [0.15, 0.2) is 5.78 Å². The van der Waals surface area contributed by atoms with Crippen LogP contribution < -0.4 is 10.3 Å². The summed E-state index contributed by atoms with van der Waals surface area (Å²) in [6.07, 6.45) is 1.49. The third-order valence-electron chi connectivity index (χ3n) is 3.89. The zero-order valence-corrected chi connectivity index (χ0v) is 14.7. The maximum absolute atomic E-state index is 12.7. The number of halogens is 1. The number of carbonyl (C=O) groups is 1. The van der Waals surface area contributed by atoms with Gasteiger partial charge in [0.1, 0.15) is 5.75 Å². The summed E-state index contributed by atoms with van der Waals surface area (Å²) in [5.41, 5.74) is 1.72. The summed E-state index contributed by atoms with van der Waals surface area (Å²) < 4.78 is 7.11. The lowest BCUT2D eigenvalue weighted by Gasteiger charge is -2.13. The van der Waals surface area contributed by atoms with Gasteiger partial charge in [-0.2, -0.15) is 0 Å². The van der Waals surface area contributed by atoms with E-state index in [1.165, 1.54) is 17.8 Å². The number of ketones is 1. The Morgan fingerprint density at radius 3 is 2.76 bits per heavy atom. The van der Waals surface area contributed by atoms with Gasteiger partial charge < -0.3 is 4.74 Å². The predicted molar refractivity (Wildman–Crippen MR) is 97.7 cm³/mol. The molecule has 0 atom stereocenters. The molecule has 3 rings (SSSR count). The fourth-order valence-corrected chi connectivity index (χ4v) is 2.82. The molecular weight excluding hydrogens is 340 g/mol. The molecule has 0 bridgehead atoms. The highest BCUT2D eigenvalue weighted by Crippen LogP contribution is 2.22. The van der Waals surface area contributed by atoms with Gasteiger partial charge in [-0.1, -0.05) is 11.6 Å². The van der Waals surface area contributed by atoms with Crippen LogP contribution in [0.15, 0.2) is 47.5 Å². The highest BCUT2D eigenvalue weighted by molar-refractivity contribution is 6.31. The number of hydrogen-bond acceptors (Lipinski definition) is 4. The minimum absolute atomic E-state index is 0.0416. The SMILES string of the molecule is CCOc1ccc(C(C)=O)cc1Cn1cnc2ccc(Cl)cc2c1=O. The smallest absolute Gasteiger partial charge is 0.261 e. The van der Waals surface area contributed by atoms with E-state index in [2.05, 4.69) is 4.98 Å². The standard InChI is InChI=1S/C19H17ClN2O3/c1-3-25-18-7-4-13(12(2)23)8-14(18)10-22-11-21-17-6-5-15(20)9-16(17)19(22)24/h4-9,11H,3,10H2,1-2H3. The first-order valence-electron chi connectivity index (χ1n) is 7.91. The highest BCUT2D eigenvalue weighted by atomic mass is 35.5. The lowest BCUT2D eigenvalue weighted by atomic mass is 10.1. The largest absolute Gasteiger partial charge is 0.494 e. The second kappa shape index (κ2) is 7.07. The molecule has 0 aliphatic heterocycles. The fourth-order valence-electron chi connectivity index (χ4n) is 2.65. The lowest BCUT2D eigenvalue weighted by molar-refractivity contribution is 0.101. The lowest BCUT2D eigenvalue weighted by Crippen LogP contribution is -2.21. The molecule has 1 aromatic heterocycles. The summed E-state index contributed by atoms with van der Waals surface area (Å²) in [6, 6.07) is 10.2. The van der Waals surface area contributed by atoms with Gasteiger partial charge in [-0.3, -0.25) is 14.2 Å². The molecule has 2 aromatic carbocycles. The number of benzene rings is 2. The molecule has 0 saturated carbocycles. The monoisotopic (exact) mass is 356 g/mol. The van der Waals surface area contributed by atoms with E-state index >= 15 is 0 Å². The Morgan fingerprint density at radius 2 is 2.04 bits per heavy atom. The molecule has 3 aromatic rings. The van der Waals surface area contributed by atoms with E-state index in [1.807, 2.05) is 6.92 Å². The molecule has 0 N–H and O–H groups in total. The second-order valence-electron chi connectivity index (χ2n) is 5.65. The van der Waals surface area contributed by atoms with Gasteiger partial charge in [0.2, 0.25) is 0 Å². The zero-order valence-electron chi connectivity index (χ0n) is 14.0. The van der Waals surface area contributed by atoms with Crippen molar-refractivity contribution in [2.75, 3.05) is 6.61 Å². The minimum Gasteiger partial charge on any atom is -0.494 e. The molecular formula is C19H17ClN2O3. The van der Waals surface area contributed by atoms with Crippen LogP contribution in [0.3, 0.4) is 0 Å². The molecule has 5 nitrogen and oxygen atoms in total. The maximum Gasteiger partial charge on any atom is 0.261 e. The molecule has 0 fully saturated rings. The molecule has 0 aliphatic rings. The quantitative estimate of drug-likeness (QED) is 0.654. The summed E-state index contributed by atoms with van der Waals surface area (Å²) in [4.78, 5) is 28.7. The number of carbonyl (C=O) groups excluding carboxylic acids is 1. The number of Topliss-reactive ketones (excluding diaryl/α,β-unsaturated/α-hetero) is 1. The van der Waals surface area contributed by atoms with Crippen molar-refractivity contribution in [3.63, 3.8) is 0 Å². The van der Waals surface area contributed by atoms with Gasteiger partial charge in [-0.05, 0) is 50.2 Å². The summed E-state index contributed by atoms with van der Waals surface area (Å²) in [7, 11) is 0. The zero-order chi connectivity index (χ0) is 18.0. The van der Waals surface area contributed by atoms with Crippen molar-refractivity contribution in [1.82, 2.24) is 9.55 Å².